The van der Waals surface area contributed by atoms with Gasteiger partial charge < -0.3 is 4.74 Å². The molecule has 2 heteroatoms. The van der Waals surface area contributed by atoms with Gasteiger partial charge in [0.15, 0.2) is 6.23 Å². The van der Waals surface area contributed by atoms with Gasteiger partial charge in [-0.2, -0.15) is 0 Å². The van der Waals surface area contributed by atoms with Crippen LogP contribution >= 0.6 is 0 Å². The number of hydrogen-bond donors (Lipinski definition) is 1. The zero-order valence-electron chi connectivity index (χ0n) is 7.44. The maximum Gasteiger partial charge on any atom is 0.153 e. The lowest BCUT2D eigenvalue weighted by atomic mass is 10.1. The fraction of sp³-hybridized carbons (Fsp3) is 0.273. The highest BCUT2D eigenvalue weighted by Crippen LogP contribution is 2.05. The van der Waals surface area contributed by atoms with Gasteiger partial charge in [-0.15, -0.1) is 0 Å². The summed E-state index contributed by atoms with van der Waals surface area (Å²) in [6.07, 6.45) is 4.80. The lowest BCUT2D eigenvalue weighted by Gasteiger charge is -2.20. The van der Waals surface area contributed by atoms with Crippen LogP contribution < -0.4 is 5.32 Å². The van der Waals surface area contributed by atoms with Gasteiger partial charge in [0.25, 0.3) is 0 Å². The molecule has 1 aliphatic rings. The molecule has 1 unspecified atom stereocenters. The molecule has 0 aromatic heterocycles. The number of nitrogens with one attached hydrogen (secondary N) is 1. The molecule has 13 heavy (non-hydrogen) atoms. The first-order valence-corrected chi connectivity index (χ1v) is 4.53. The van der Waals surface area contributed by atoms with E-state index in [4.69, 9.17) is 4.74 Å². The number of rotatable bonds is 2. The van der Waals surface area contributed by atoms with Crippen LogP contribution in [0.1, 0.15) is 5.56 Å². The Kier molecular flexibility index (Phi) is 2.62. The van der Waals surface area contributed by atoms with Gasteiger partial charge in [0.1, 0.15) is 0 Å². The molecule has 0 saturated carbocycles. The van der Waals surface area contributed by atoms with Crippen molar-refractivity contribution in [3.05, 3.63) is 48.2 Å². The van der Waals surface area contributed by atoms with Crippen LogP contribution in [0.3, 0.4) is 0 Å². The van der Waals surface area contributed by atoms with Gasteiger partial charge >= 0.3 is 0 Å². The van der Waals surface area contributed by atoms with Crippen molar-refractivity contribution in [1.29, 1.82) is 0 Å². The van der Waals surface area contributed by atoms with Crippen molar-refractivity contribution >= 4 is 0 Å². The van der Waals surface area contributed by atoms with E-state index in [1.165, 1.54) is 5.56 Å². The Morgan fingerprint density at radius 1 is 1.31 bits per heavy atom. The first kappa shape index (κ1) is 8.32. The normalized spacial score (nSPS) is 21.1. The predicted octanol–water partition coefficient (Wildman–Crippen LogP) is 1.69. The highest BCUT2D eigenvalue weighted by atomic mass is 16.5. The molecule has 2 rings (SSSR count). The molecule has 0 spiro atoms. The highest BCUT2D eigenvalue weighted by molar-refractivity contribution is 5.15. The van der Waals surface area contributed by atoms with Crippen molar-refractivity contribution in [1.82, 2.24) is 5.32 Å². The summed E-state index contributed by atoms with van der Waals surface area (Å²) >= 11 is 0. The van der Waals surface area contributed by atoms with Crippen LogP contribution in [-0.4, -0.2) is 12.8 Å². The minimum Gasteiger partial charge on any atom is -0.483 e. The number of ether oxygens (including phenoxy) is 1. The van der Waals surface area contributed by atoms with E-state index in [1.54, 1.807) is 6.26 Å². The summed E-state index contributed by atoms with van der Waals surface area (Å²) in [7, 11) is 0. The molecule has 2 nitrogen and oxygen atoms in total. The standard InChI is InChI=1S/C11H13NO/c1-2-5-10(6-3-1)9-11-12-7-4-8-13-11/h1-6,8,11-12H,7,9H2. The molecule has 1 atom stereocenters. The molecule has 68 valence electrons. The van der Waals surface area contributed by atoms with Crippen molar-refractivity contribution in [2.45, 2.75) is 12.6 Å². The molecule has 0 saturated heterocycles. The third-order valence-corrected chi connectivity index (χ3v) is 2.07. The van der Waals surface area contributed by atoms with Gasteiger partial charge in [-0.25, -0.2) is 0 Å². The highest BCUT2D eigenvalue weighted by Gasteiger charge is 2.09. The molecule has 0 amide bonds. The SMILES string of the molecule is C1=COC(Cc2ccccc2)NC1. The van der Waals surface area contributed by atoms with E-state index >= 15 is 0 Å². The van der Waals surface area contributed by atoms with Crippen molar-refractivity contribution in [2.24, 2.45) is 0 Å². The van der Waals surface area contributed by atoms with Crippen molar-refractivity contribution < 1.29 is 4.74 Å². The van der Waals surface area contributed by atoms with Crippen LogP contribution in [0.5, 0.6) is 0 Å². The lowest BCUT2D eigenvalue weighted by Crippen LogP contribution is -2.35. The van der Waals surface area contributed by atoms with Crippen LogP contribution in [0.25, 0.3) is 0 Å². The van der Waals surface area contributed by atoms with Crippen molar-refractivity contribution in [3.8, 4) is 0 Å². The molecule has 1 N–H and O–H groups in total. The summed E-state index contributed by atoms with van der Waals surface area (Å²) in [6.45, 7) is 0.900. The molecule has 0 bridgehead atoms. The minimum atomic E-state index is 0.132. The van der Waals surface area contributed by atoms with Gasteiger partial charge in [0.05, 0.1) is 6.26 Å². The summed E-state index contributed by atoms with van der Waals surface area (Å²) in [6, 6.07) is 10.4. The summed E-state index contributed by atoms with van der Waals surface area (Å²) in [5.74, 6) is 0. The van der Waals surface area contributed by atoms with Gasteiger partial charge in [-0.1, -0.05) is 30.3 Å². The minimum absolute atomic E-state index is 0.132. The van der Waals surface area contributed by atoms with E-state index in [-0.39, 0.29) is 6.23 Å². The second-order valence-electron chi connectivity index (χ2n) is 3.09. The molecule has 1 heterocycles. The Balaban J connectivity index is 1.94. The molecule has 0 aliphatic carbocycles. The van der Waals surface area contributed by atoms with E-state index in [9.17, 15) is 0 Å². The average Bonchev–Trinajstić information content (AvgIpc) is 2.21. The summed E-state index contributed by atoms with van der Waals surface area (Å²) in [4.78, 5) is 0. The van der Waals surface area contributed by atoms with Gasteiger partial charge in [0, 0.05) is 13.0 Å². The second-order valence-corrected chi connectivity index (χ2v) is 3.09. The average molecular weight is 175 g/mol. The van der Waals surface area contributed by atoms with Crippen LogP contribution in [0, 0.1) is 0 Å². The lowest BCUT2D eigenvalue weighted by molar-refractivity contribution is 0.103. The van der Waals surface area contributed by atoms with Gasteiger partial charge in [-0.3, -0.25) is 5.32 Å². The molecule has 0 fully saturated rings. The van der Waals surface area contributed by atoms with E-state index in [0.29, 0.717) is 0 Å². The first-order chi connectivity index (χ1) is 6.45. The summed E-state index contributed by atoms with van der Waals surface area (Å²) in [5, 5.41) is 3.26. The van der Waals surface area contributed by atoms with E-state index < -0.39 is 0 Å². The Morgan fingerprint density at radius 2 is 2.15 bits per heavy atom. The fourth-order valence-electron chi connectivity index (χ4n) is 1.39. The first-order valence-electron chi connectivity index (χ1n) is 4.53. The Labute approximate surface area is 78.2 Å². The molecule has 1 aliphatic heterocycles. The third-order valence-electron chi connectivity index (χ3n) is 2.07. The summed E-state index contributed by atoms with van der Waals surface area (Å²) in [5.41, 5.74) is 1.30. The summed E-state index contributed by atoms with van der Waals surface area (Å²) < 4.78 is 5.39. The van der Waals surface area contributed by atoms with E-state index in [2.05, 4.69) is 17.4 Å². The Bertz CT molecular complexity index is 281. The number of benzene rings is 1. The number of hydrogen-bond acceptors (Lipinski definition) is 2. The zero-order valence-corrected chi connectivity index (χ0v) is 7.44. The third kappa shape index (κ3) is 2.33. The molecule has 1 aromatic carbocycles. The van der Waals surface area contributed by atoms with E-state index in [0.717, 1.165) is 13.0 Å². The molecular formula is C11H13NO. The largest absolute Gasteiger partial charge is 0.483 e. The molecule has 1 aromatic rings. The Hall–Kier alpha value is -1.28. The second kappa shape index (κ2) is 4.10. The maximum atomic E-state index is 5.39. The van der Waals surface area contributed by atoms with Crippen molar-refractivity contribution in [3.63, 3.8) is 0 Å². The maximum absolute atomic E-state index is 5.39. The van der Waals surface area contributed by atoms with E-state index in [1.807, 2.05) is 24.3 Å². The predicted molar refractivity (Wildman–Crippen MR) is 52.2 cm³/mol. The fourth-order valence-corrected chi connectivity index (χ4v) is 1.39. The monoisotopic (exact) mass is 175 g/mol. The van der Waals surface area contributed by atoms with Crippen LogP contribution in [0.4, 0.5) is 0 Å². The molecule has 0 radical (unpaired) electrons. The zero-order chi connectivity index (χ0) is 8.93. The smallest absolute Gasteiger partial charge is 0.153 e. The van der Waals surface area contributed by atoms with Crippen LogP contribution in [-0.2, 0) is 11.2 Å². The molecular weight excluding hydrogens is 162 g/mol. The topological polar surface area (TPSA) is 21.3 Å². The quantitative estimate of drug-likeness (QED) is 0.738. The van der Waals surface area contributed by atoms with Crippen LogP contribution in [0.15, 0.2) is 42.7 Å². The van der Waals surface area contributed by atoms with Gasteiger partial charge in [0.2, 0.25) is 0 Å². The Morgan fingerprint density at radius 3 is 2.85 bits per heavy atom. The van der Waals surface area contributed by atoms with Crippen molar-refractivity contribution in [2.75, 3.05) is 6.54 Å². The van der Waals surface area contributed by atoms with Crippen LogP contribution in [0.2, 0.25) is 0 Å². The van der Waals surface area contributed by atoms with Gasteiger partial charge in [-0.05, 0) is 11.6 Å².